The summed E-state index contributed by atoms with van der Waals surface area (Å²) >= 11 is 0. The molecule has 0 spiro atoms. The van der Waals surface area contributed by atoms with Crippen LogP contribution < -0.4 is 14.4 Å². The lowest BCUT2D eigenvalue weighted by atomic mass is 10.1. The number of carbonyl (C=O) groups excluding carboxylic acids is 1. The summed E-state index contributed by atoms with van der Waals surface area (Å²) in [5.41, 5.74) is -0.583. The van der Waals surface area contributed by atoms with E-state index in [9.17, 15) is 13.6 Å². The molecule has 150 valence electrons. The summed E-state index contributed by atoms with van der Waals surface area (Å²) in [5.74, 6) is 0.388. The average molecular weight is 394 g/mol. The van der Waals surface area contributed by atoms with Crippen molar-refractivity contribution in [2.75, 3.05) is 32.2 Å². The highest BCUT2D eigenvalue weighted by Gasteiger charge is 2.27. The molecule has 8 nitrogen and oxygen atoms in total. The van der Waals surface area contributed by atoms with Crippen LogP contribution >= 0.6 is 0 Å². The molecular formula is C18H20F2N4O4. The summed E-state index contributed by atoms with van der Waals surface area (Å²) in [5, 5.41) is 7.57. The van der Waals surface area contributed by atoms with Gasteiger partial charge in [-0.05, 0) is 12.1 Å². The maximum Gasteiger partial charge on any atom is 0.358 e. The lowest BCUT2D eigenvalue weighted by molar-refractivity contribution is 0.0592. The largest absolute Gasteiger partial charge is 0.489 e. The van der Waals surface area contributed by atoms with Crippen LogP contribution in [0.15, 0.2) is 24.4 Å². The maximum absolute atomic E-state index is 13.5. The van der Waals surface area contributed by atoms with Crippen molar-refractivity contribution in [2.45, 2.75) is 25.4 Å². The molecule has 3 rings (SSSR count). The number of anilines is 1. The number of carbonyl (C=O) groups is 1. The second kappa shape index (κ2) is 8.77. The van der Waals surface area contributed by atoms with Gasteiger partial charge in [0.05, 0.1) is 26.0 Å². The van der Waals surface area contributed by atoms with Gasteiger partial charge < -0.3 is 19.1 Å². The van der Waals surface area contributed by atoms with Crippen LogP contribution in [-0.4, -0.2) is 54.6 Å². The number of esters is 1. The van der Waals surface area contributed by atoms with Crippen LogP contribution in [0, 0.1) is 0 Å². The average Bonchev–Trinajstić information content (AvgIpc) is 2.74. The standard InChI is InChI=1S/C18H20F2N4O4/c1-26-15-4-3-12(10-21-15)28-11-5-7-24(8-6-11)17-13(16(19)20)9-14(22-23-17)18(25)27-2/h3-4,9-11,16H,5-8H2,1-2H3. The number of piperidine rings is 1. The summed E-state index contributed by atoms with van der Waals surface area (Å²) < 4.78 is 42.3. The van der Waals surface area contributed by atoms with Gasteiger partial charge in [-0.15, -0.1) is 10.2 Å². The molecule has 0 aromatic carbocycles. The third kappa shape index (κ3) is 4.44. The minimum atomic E-state index is -2.78. The van der Waals surface area contributed by atoms with E-state index in [2.05, 4.69) is 19.9 Å². The van der Waals surface area contributed by atoms with E-state index in [0.717, 1.165) is 13.2 Å². The van der Waals surface area contributed by atoms with E-state index in [1.165, 1.54) is 7.11 Å². The molecule has 1 aliphatic rings. The zero-order valence-corrected chi connectivity index (χ0v) is 15.5. The topological polar surface area (TPSA) is 86.7 Å². The molecule has 0 aliphatic carbocycles. The summed E-state index contributed by atoms with van der Waals surface area (Å²) in [4.78, 5) is 17.3. The molecule has 2 aromatic heterocycles. The van der Waals surface area contributed by atoms with Gasteiger partial charge in [-0.25, -0.2) is 18.6 Å². The van der Waals surface area contributed by atoms with Crippen molar-refractivity contribution in [3.05, 3.63) is 35.7 Å². The Morgan fingerprint density at radius 1 is 1.21 bits per heavy atom. The Bertz CT molecular complexity index is 812. The Morgan fingerprint density at radius 3 is 2.54 bits per heavy atom. The van der Waals surface area contributed by atoms with Crippen LogP contribution in [0.4, 0.5) is 14.6 Å². The molecule has 1 aliphatic heterocycles. The van der Waals surface area contributed by atoms with Gasteiger partial charge >= 0.3 is 5.97 Å². The van der Waals surface area contributed by atoms with Gasteiger partial charge in [0.2, 0.25) is 5.88 Å². The van der Waals surface area contributed by atoms with Crippen molar-refractivity contribution in [3.8, 4) is 11.6 Å². The number of methoxy groups -OCH3 is 2. The summed E-state index contributed by atoms with van der Waals surface area (Å²) in [6, 6.07) is 4.51. The molecular weight excluding hydrogens is 374 g/mol. The van der Waals surface area contributed by atoms with Crippen LogP contribution in [0.3, 0.4) is 0 Å². The third-order valence-electron chi connectivity index (χ3n) is 4.40. The highest BCUT2D eigenvalue weighted by Crippen LogP contribution is 2.30. The predicted molar refractivity (Wildman–Crippen MR) is 95.0 cm³/mol. The van der Waals surface area contributed by atoms with Crippen molar-refractivity contribution >= 4 is 11.8 Å². The van der Waals surface area contributed by atoms with E-state index in [0.29, 0.717) is 37.6 Å². The van der Waals surface area contributed by atoms with Gasteiger partial charge in [0.15, 0.2) is 11.5 Å². The fourth-order valence-corrected chi connectivity index (χ4v) is 2.95. The van der Waals surface area contributed by atoms with Crippen LogP contribution in [0.25, 0.3) is 0 Å². The zero-order chi connectivity index (χ0) is 20.1. The molecule has 0 radical (unpaired) electrons. The van der Waals surface area contributed by atoms with E-state index < -0.39 is 12.4 Å². The fourth-order valence-electron chi connectivity index (χ4n) is 2.95. The number of rotatable bonds is 6. The molecule has 0 N–H and O–H groups in total. The number of hydrogen-bond donors (Lipinski definition) is 0. The quantitative estimate of drug-likeness (QED) is 0.691. The van der Waals surface area contributed by atoms with Crippen molar-refractivity contribution in [1.82, 2.24) is 15.2 Å². The highest BCUT2D eigenvalue weighted by molar-refractivity contribution is 5.87. The number of alkyl halides is 2. The molecule has 2 aromatic rings. The second-order valence-electron chi connectivity index (χ2n) is 6.14. The maximum atomic E-state index is 13.5. The van der Waals surface area contributed by atoms with Crippen LogP contribution in [-0.2, 0) is 4.74 Å². The molecule has 1 saturated heterocycles. The van der Waals surface area contributed by atoms with E-state index in [1.807, 2.05) is 0 Å². The van der Waals surface area contributed by atoms with Gasteiger partial charge in [-0.1, -0.05) is 0 Å². The SMILES string of the molecule is COC(=O)c1cc(C(F)F)c(N2CCC(Oc3ccc(OC)nc3)CC2)nn1. The molecule has 28 heavy (non-hydrogen) atoms. The third-order valence-corrected chi connectivity index (χ3v) is 4.40. The number of hydrogen-bond acceptors (Lipinski definition) is 8. The van der Waals surface area contributed by atoms with Crippen LogP contribution in [0.1, 0.15) is 35.3 Å². The first-order valence-electron chi connectivity index (χ1n) is 8.67. The molecule has 0 saturated carbocycles. The monoisotopic (exact) mass is 394 g/mol. The number of halogens is 2. The lowest BCUT2D eigenvalue weighted by Crippen LogP contribution is -2.39. The molecule has 3 heterocycles. The normalized spacial score (nSPS) is 14.8. The van der Waals surface area contributed by atoms with Crippen molar-refractivity contribution in [3.63, 3.8) is 0 Å². The number of nitrogens with zero attached hydrogens (tertiary/aromatic N) is 4. The Kier molecular flexibility index (Phi) is 6.17. The lowest BCUT2D eigenvalue weighted by Gasteiger charge is -2.33. The Balaban J connectivity index is 1.66. The number of ether oxygens (including phenoxy) is 3. The highest BCUT2D eigenvalue weighted by atomic mass is 19.3. The molecule has 0 unspecified atom stereocenters. The smallest absolute Gasteiger partial charge is 0.358 e. The predicted octanol–water partition coefficient (Wildman–Crippen LogP) is 2.65. The van der Waals surface area contributed by atoms with E-state index in [4.69, 9.17) is 9.47 Å². The Morgan fingerprint density at radius 2 is 1.96 bits per heavy atom. The molecule has 10 heteroatoms. The van der Waals surface area contributed by atoms with Crippen molar-refractivity contribution in [1.29, 1.82) is 0 Å². The molecule has 0 amide bonds. The summed E-state index contributed by atoms with van der Waals surface area (Å²) in [6.45, 7) is 0.945. The first-order chi connectivity index (χ1) is 13.5. The van der Waals surface area contributed by atoms with Gasteiger partial charge in [-0.3, -0.25) is 0 Å². The minimum Gasteiger partial charge on any atom is -0.489 e. The van der Waals surface area contributed by atoms with Crippen LogP contribution in [0.2, 0.25) is 0 Å². The van der Waals surface area contributed by atoms with Gasteiger partial charge in [0.25, 0.3) is 6.43 Å². The summed E-state index contributed by atoms with van der Waals surface area (Å²) in [6.07, 6.45) is -0.0292. The minimum absolute atomic E-state index is 0.0660. The van der Waals surface area contributed by atoms with Crippen LogP contribution in [0.5, 0.6) is 11.6 Å². The molecule has 0 atom stereocenters. The number of aromatic nitrogens is 3. The summed E-state index contributed by atoms with van der Waals surface area (Å²) in [7, 11) is 2.69. The van der Waals surface area contributed by atoms with Gasteiger partial charge in [0.1, 0.15) is 11.9 Å². The van der Waals surface area contributed by atoms with Gasteiger partial charge in [-0.2, -0.15) is 0 Å². The Hall–Kier alpha value is -3.04. The second-order valence-corrected chi connectivity index (χ2v) is 6.14. The molecule has 1 fully saturated rings. The van der Waals surface area contributed by atoms with E-state index in [1.54, 1.807) is 23.2 Å². The van der Waals surface area contributed by atoms with Crippen molar-refractivity contribution in [2.24, 2.45) is 0 Å². The fraction of sp³-hybridized carbons (Fsp3) is 0.444. The first kappa shape index (κ1) is 19.7. The number of pyridine rings is 1. The Labute approximate surface area is 160 Å². The van der Waals surface area contributed by atoms with Gasteiger partial charge in [0, 0.05) is 32.0 Å². The molecule has 0 bridgehead atoms. The van der Waals surface area contributed by atoms with E-state index in [-0.39, 0.29) is 23.2 Å². The zero-order valence-electron chi connectivity index (χ0n) is 15.5. The van der Waals surface area contributed by atoms with Crippen molar-refractivity contribution < 1.29 is 27.8 Å². The first-order valence-corrected chi connectivity index (χ1v) is 8.67. The van der Waals surface area contributed by atoms with E-state index >= 15 is 0 Å².